The van der Waals surface area contributed by atoms with E-state index in [1.54, 1.807) is 24.3 Å². The number of aromatic nitrogens is 2. The molecule has 1 amide bonds. The van der Waals surface area contributed by atoms with Crippen molar-refractivity contribution in [2.75, 3.05) is 11.9 Å². The molecule has 152 valence electrons. The maximum atomic E-state index is 12.6. The Labute approximate surface area is 174 Å². The molecule has 0 spiro atoms. The molecular weight excluding hydrogens is 390 g/mol. The molecule has 6 nitrogen and oxygen atoms in total. The number of nitrogens with zero attached hydrogens (tertiary/aromatic N) is 2. The number of rotatable bonds is 7. The van der Waals surface area contributed by atoms with E-state index < -0.39 is 0 Å². The molecular formula is C22H24ClN3O3. The van der Waals surface area contributed by atoms with Crippen molar-refractivity contribution in [2.24, 2.45) is 5.92 Å². The van der Waals surface area contributed by atoms with E-state index in [2.05, 4.69) is 24.1 Å². The molecule has 0 saturated heterocycles. The Kier molecular flexibility index (Phi) is 6.54. The quantitative estimate of drug-likeness (QED) is 0.622. The summed E-state index contributed by atoms with van der Waals surface area (Å²) in [6.07, 6.45) is 1.63. The van der Waals surface area contributed by atoms with Crippen molar-refractivity contribution in [2.45, 2.75) is 33.7 Å². The smallest absolute Gasteiger partial charge is 0.261 e. The number of nitrogens with one attached hydrogen (secondary N) is 1. The molecule has 0 saturated carbocycles. The van der Waals surface area contributed by atoms with Crippen LogP contribution >= 0.6 is 11.6 Å². The van der Waals surface area contributed by atoms with E-state index >= 15 is 0 Å². The summed E-state index contributed by atoms with van der Waals surface area (Å²) in [7, 11) is 0. The normalized spacial score (nSPS) is 11.1. The van der Waals surface area contributed by atoms with Gasteiger partial charge in [-0.2, -0.15) is 0 Å². The SMILES string of the molecule is Cc1cccc2c(=O)n(CCC(=O)Nc3ccc(OCC(C)C)c(Cl)c3)cnc12. The highest BCUT2D eigenvalue weighted by atomic mass is 35.5. The number of hydrogen-bond acceptors (Lipinski definition) is 4. The fourth-order valence-electron chi connectivity index (χ4n) is 2.89. The lowest BCUT2D eigenvalue weighted by Crippen LogP contribution is -2.23. The Balaban J connectivity index is 1.63. The zero-order valence-corrected chi connectivity index (χ0v) is 17.5. The second-order valence-corrected chi connectivity index (χ2v) is 7.77. The second-order valence-electron chi connectivity index (χ2n) is 7.36. The first kappa shape index (κ1) is 20.9. The van der Waals surface area contributed by atoms with Gasteiger partial charge in [-0.05, 0) is 42.7 Å². The van der Waals surface area contributed by atoms with Gasteiger partial charge in [-0.25, -0.2) is 4.98 Å². The molecule has 2 aromatic carbocycles. The Morgan fingerprint density at radius 3 is 2.79 bits per heavy atom. The van der Waals surface area contributed by atoms with Crippen LogP contribution in [0.15, 0.2) is 47.5 Å². The third-order valence-electron chi connectivity index (χ3n) is 4.42. The lowest BCUT2D eigenvalue weighted by Gasteiger charge is -2.12. The molecule has 3 aromatic rings. The van der Waals surface area contributed by atoms with Gasteiger partial charge in [0.2, 0.25) is 5.91 Å². The van der Waals surface area contributed by atoms with Gasteiger partial charge in [-0.3, -0.25) is 14.2 Å². The predicted octanol–water partition coefficient (Wildman–Crippen LogP) is 4.42. The van der Waals surface area contributed by atoms with Gasteiger partial charge >= 0.3 is 0 Å². The first-order valence-corrected chi connectivity index (χ1v) is 9.90. The molecule has 0 atom stereocenters. The van der Waals surface area contributed by atoms with E-state index in [4.69, 9.17) is 16.3 Å². The molecule has 1 aromatic heterocycles. The number of carbonyl (C=O) groups is 1. The first-order chi connectivity index (χ1) is 13.8. The zero-order valence-electron chi connectivity index (χ0n) is 16.7. The van der Waals surface area contributed by atoms with E-state index in [9.17, 15) is 9.59 Å². The van der Waals surface area contributed by atoms with Crippen LogP contribution in [-0.2, 0) is 11.3 Å². The van der Waals surface area contributed by atoms with Crippen LogP contribution in [0.2, 0.25) is 5.02 Å². The average Bonchev–Trinajstić information content (AvgIpc) is 2.67. The number of para-hydroxylation sites is 1. The fraction of sp³-hybridized carbons (Fsp3) is 0.318. The van der Waals surface area contributed by atoms with Crippen LogP contribution < -0.4 is 15.6 Å². The third kappa shape index (κ3) is 5.15. The number of ether oxygens (including phenoxy) is 1. The summed E-state index contributed by atoms with van der Waals surface area (Å²) in [5, 5.41) is 3.79. The van der Waals surface area contributed by atoms with Gasteiger partial charge in [-0.15, -0.1) is 0 Å². The number of carbonyl (C=O) groups excluding carboxylic acids is 1. The number of aryl methyl sites for hydroxylation is 2. The van der Waals surface area contributed by atoms with Crippen LogP contribution in [0.4, 0.5) is 5.69 Å². The number of hydrogen-bond donors (Lipinski definition) is 1. The van der Waals surface area contributed by atoms with Gasteiger partial charge < -0.3 is 10.1 Å². The molecule has 0 aliphatic heterocycles. The molecule has 0 aliphatic rings. The zero-order chi connectivity index (χ0) is 21.0. The molecule has 0 radical (unpaired) electrons. The molecule has 1 N–H and O–H groups in total. The number of anilines is 1. The van der Waals surface area contributed by atoms with E-state index in [1.807, 2.05) is 19.1 Å². The maximum Gasteiger partial charge on any atom is 0.261 e. The van der Waals surface area contributed by atoms with Crippen molar-refractivity contribution in [3.63, 3.8) is 0 Å². The topological polar surface area (TPSA) is 73.2 Å². The van der Waals surface area contributed by atoms with E-state index in [-0.39, 0.29) is 24.4 Å². The molecule has 1 heterocycles. The van der Waals surface area contributed by atoms with E-state index in [1.165, 1.54) is 10.9 Å². The molecule has 0 fully saturated rings. The average molecular weight is 414 g/mol. The van der Waals surface area contributed by atoms with Crippen LogP contribution in [0.3, 0.4) is 0 Å². The van der Waals surface area contributed by atoms with Crippen LogP contribution in [0.25, 0.3) is 10.9 Å². The Hall–Kier alpha value is -2.86. The standard InChI is InChI=1S/C22H24ClN3O3/c1-14(2)12-29-19-8-7-16(11-18(19)23)25-20(27)9-10-26-13-24-21-15(3)5-4-6-17(21)22(26)28/h4-8,11,13-14H,9-10,12H2,1-3H3,(H,25,27). The number of amides is 1. The van der Waals surface area contributed by atoms with Crippen LogP contribution in [0.5, 0.6) is 5.75 Å². The largest absolute Gasteiger partial charge is 0.492 e. The summed E-state index contributed by atoms with van der Waals surface area (Å²) >= 11 is 6.23. The van der Waals surface area contributed by atoms with Gasteiger partial charge in [-0.1, -0.05) is 37.6 Å². The Morgan fingerprint density at radius 1 is 1.28 bits per heavy atom. The monoisotopic (exact) mass is 413 g/mol. The van der Waals surface area contributed by atoms with Crippen molar-refractivity contribution in [3.8, 4) is 5.75 Å². The van der Waals surface area contributed by atoms with Crippen molar-refractivity contribution >= 4 is 34.1 Å². The number of fused-ring (bicyclic) bond motifs is 1. The van der Waals surface area contributed by atoms with Gasteiger partial charge in [0.05, 0.1) is 28.9 Å². The van der Waals surface area contributed by atoms with Gasteiger partial charge in [0, 0.05) is 18.7 Å². The minimum Gasteiger partial charge on any atom is -0.492 e. The van der Waals surface area contributed by atoms with Gasteiger partial charge in [0.1, 0.15) is 5.75 Å². The lowest BCUT2D eigenvalue weighted by molar-refractivity contribution is -0.116. The molecule has 7 heteroatoms. The van der Waals surface area contributed by atoms with Crippen molar-refractivity contribution in [3.05, 3.63) is 63.7 Å². The lowest BCUT2D eigenvalue weighted by atomic mass is 10.1. The summed E-state index contributed by atoms with van der Waals surface area (Å²) in [6, 6.07) is 10.6. The van der Waals surface area contributed by atoms with E-state index in [0.29, 0.717) is 39.9 Å². The van der Waals surface area contributed by atoms with Crippen LogP contribution in [0, 0.1) is 12.8 Å². The van der Waals surface area contributed by atoms with Gasteiger partial charge in [0.25, 0.3) is 5.56 Å². The fourth-order valence-corrected chi connectivity index (χ4v) is 3.13. The Bertz CT molecular complexity index is 1090. The first-order valence-electron chi connectivity index (χ1n) is 9.52. The predicted molar refractivity (Wildman–Crippen MR) is 116 cm³/mol. The van der Waals surface area contributed by atoms with Crippen LogP contribution in [0.1, 0.15) is 25.8 Å². The molecule has 29 heavy (non-hydrogen) atoms. The summed E-state index contributed by atoms with van der Waals surface area (Å²) in [5.74, 6) is 0.762. The van der Waals surface area contributed by atoms with Crippen LogP contribution in [-0.4, -0.2) is 22.1 Å². The summed E-state index contributed by atoms with van der Waals surface area (Å²) in [6.45, 7) is 6.83. The minimum absolute atomic E-state index is 0.141. The van der Waals surface area contributed by atoms with Crippen molar-refractivity contribution < 1.29 is 9.53 Å². The highest BCUT2D eigenvalue weighted by Gasteiger charge is 2.10. The number of halogens is 1. The summed E-state index contributed by atoms with van der Waals surface area (Å²) in [5.41, 5.74) is 2.06. The highest BCUT2D eigenvalue weighted by molar-refractivity contribution is 6.32. The summed E-state index contributed by atoms with van der Waals surface area (Å²) in [4.78, 5) is 29.3. The van der Waals surface area contributed by atoms with Crippen molar-refractivity contribution in [1.82, 2.24) is 9.55 Å². The summed E-state index contributed by atoms with van der Waals surface area (Å²) < 4.78 is 7.09. The maximum absolute atomic E-state index is 12.6. The molecule has 0 bridgehead atoms. The molecule has 0 aliphatic carbocycles. The third-order valence-corrected chi connectivity index (χ3v) is 4.72. The second kappa shape index (κ2) is 9.09. The Morgan fingerprint density at radius 2 is 2.07 bits per heavy atom. The minimum atomic E-state index is -0.215. The van der Waals surface area contributed by atoms with E-state index in [0.717, 1.165) is 5.56 Å². The van der Waals surface area contributed by atoms with Gasteiger partial charge in [0.15, 0.2) is 0 Å². The molecule has 3 rings (SSSR count). The number of benzene rings is 2. The highest BCUT2D eigenvalue weighted by Crippen LogP contribution is 2.28. The van der Waals surface area contributed by atoms with Crippen molar-refractivity contribution in [1.29, 1.82) is 0 Å². The molecule has 0 unspecified atom stereocenters.